The molecule has 0 aliphatic carbocycles. The van der Waals surface area contributed by atoms with Gasteiger partial charge in [0.25, 0.3) is 0 Å². The van der Waals surface area contributed by atoms with E-state index in [0.29, 0.717) is 0 Å². The lowest BCUT2D eigenvalue weighted by Crippen LogP contribution is -2.28. The standard InChI is InChI=1S/C14H21N3OS/c1-4-17(5-2)10-9-15-14-16-13-11(18-3)7-6-8-12(13)19-14/h6-8H,4-5,9-10H2,1-3H3,(H,15,16). The third-order valence-corrected chi connectivity index (χ3v) is 4.18. The number of hydrogen-bond acceptors (Lipinski definition) is 5. The van der Waals surface area contributed by atoms with Gasteiger partial charge in [-0.1, -0.05) is 31.3 Å². The van der Waals surface area contributed by atoms with Crippen LogP contribution in [0.25, 0.3) is 10.2 Å². The average molecular weight is 279 g/mol. The Morgan fingerprint density at radius 1 is 1.32 bits per heavy atom. The summed E-state index contributed by atoms with van der Waals surface area (Å²) in [5.41, 5.74) is 0.945. The zero-order valence-corrected chi connectivity index (χ0v) is 12.6. The average Bonchev–Trinajstić information content (AvgIpc) is 2.86. The highest BCUT2D eigenvalue weighted by molar-refractivity contribution is 7.22. The van der Waals surface area contributed by atoms with Crippen LogP contribution in [0.1, 0.15) is 13.8 Å². The Bertz CT molecular complexity index is 522. The summed E-state index contributed by atoms with van der Waals surface area (Å²) in [6.07, 6.45) is 0. The molecule has 1 aromatic heterocycles. The molecule has 1 N–H and O–H groups in total. The van der Waals surface area contributed by atoms with E-state index in [-0.39, 0.29) is 0 Å². The van der Waals surface area contributed by atoms with Gasteiger partial charge in [0.2, 0.25) is 0 Å². The first-order valence-electron chi connectivity index (χ1n) is 6.68. The van der Waals surface area contributed by atoms with E-state index in [9.17, 15) is 0 Å². The summed E-state index contributed by atoms with van der Waals surface area (Å²) in [6, 6.07) is 6.02. The molecule has 0 spiro atoms. The number of fused-ring (bicyclic) bond motifs is 1. The zero-order valence-electron chi connectivity index (χ0n) is 11.8. The van der Waals surface area contributed by atoms with Crippen LogP contribution in [0.5, 0.6) is 5.75 Å². The van der Waals surface area contributed by atoms with Crippen LogP contribution in [-0.4, -0.2) is 43.2 Å². The van der Waals surface area contributed by atoms with Crippen molar-refractivity contribution in [3.8, 4) is 5.75 Å². The third-order valence-electron chi connectivity index (χ3n) is 3.20. The molecule has 0 aliphatic rings. The van der Waals surface area contributed by atoms with Crippen LogP contribution in [0.4, 0.5) is 5.13 Å². The minimum Gasteiger partial charge on any atom is -0.494 e. The van der Waals surface area contributed by atoms with Gasteiger partial charge in [0.15, 0.2) is 5.13 Å². The van der Waals surface area contributed by atoms with Gasteiger partial charge < -0.3 is 15.0 Å². The molecule has 0 unspecified atom stereocenters. The molecule has 0 aliphatic heterocycles. The Morgan fingerprint density at radius 2 is 2.11 bits per heavy atom. The molecule has 0 saturated heterocycles. The first-order valence-corrected chi connectivity index (χ1v) is 7.49. The van der Waals surface area contributed by atoms with E-state index in [2.05, 4.69) is 35.1 Å². The smallest absolute Gasteiger partial charge is 0.183 e. The van der Waals surface area contributed by atoms with Crippen LogP contribution < -0.4 is 10.1 Å². The number of benzene rings is 1. The van der Waals surface area contributed by atoms with Crippen molar-refractivity contribution in [3.05, 3.63) is 18.2 Å². The number of methoxy groups -OCH3 is 1. The number of aromatic nitrogens is 1. The minimum absolute atomic E-state index is 0.838. The Morgan fingerprint density at radius 3 is 2.79 bits per heavy atom. The highest BCUT2D eigenvalue weighted by Gasteiger charge is 2.08. The lowest BCUT2D eigenvalue weighted by Gasteiger charge is -2.17. The molecule has 0 atom stereocenters. The van der Waals surface area contributed by atoms with E-state index >= 15 is 0 Å². The predicted molar refractivity (Wildman–Crippen MR) is 82.4 cm³/mol. The second-order valence-electron chi connectivity index (χ2n) is 4.28. The van der Waals surface area contributed by atoms with Gasteiger partial charge in [-0.05, 0) is 25.2 Å². The van der Waals surface area contributed by atoms with E-state index < -0.39 is 0 Å². The molecule has 1 heterocycles. The summed E-state index contributed by atoms with van der Waals surface area (Å²) in [6.45, 7) is 8.51. The molecule has 5 heteroatoms. The quantitative estimate of drug-likeness (QED) is 0.845. The Labute approximate surface area is 118 Å². The normalized spacial score (nSPS) is 11.2. The molecule has 2 rings (SSSR count). The van der Waals surface area contributed by atoms with Crippen molar-refractivity contribution in [1.82, 2.24) is 9.88 Å². The summed E-state index contributed by atoms with van der Waals surface area (Å²) < 4.78 is 6.48. The number of thiazole rings is 1. The monoisotopic (exact) mass is 279 g/mol. The van der Waals surface area contributed by atoms with Gasteiger partial charge in [0.05, 0.1) is 11.8 Å². The summed E-state index contributed by atoms with van der Waals surface area (Å²) in [5, 5.41) is 4.36. The molecule has 0 fully saturated rings. The van der Waals surface area contributed by atoms with Crippen LogP contribution in [0.2, 0.25) is 0 Å². The van der Waals surface area contributed by atoms with Crippen molar-refractivity contribution in [3.63, 3.8) is 0 Å². The van der Waals surface area contributed by atoms with E-state index in [1.165, 1.54) is 0 Å². The van der Waals surface area contributed by atoms with Gasteiger partial charge in [-0.2, -0.15) is 0 Å². The number of ether oxygens (including phenoxy) is 1. The summed E-state index contributed by atoms with van der Waals surface area (Å²) in [5.74, 6) is 0.838. The van der Waals surface area contributed by atoms with Crippen molar-refractivity contribution < 1.29 is 4.74 Å². The topological polar surface area (TPSA) is 37.4 Å². The van der Waals surface area contributed by atoms with Gasteiger partial charge in [-0.15, -0.1) is 0 Å². The largest absolute Gasteiger partial charge is 0.494 e. The van der Waals surface area contributed by atoms with E-state index in [0.717, 1.165) is 47.3 Å². The maximum absolute atomic E-state index is 5.33. The van der Waals surface area contributed by atoms with Crippen LogP contribution in [0.3, 0.4) is 0 Å². The fraction of sp³-hybridized carbons (Fsp3) is 0.500. The van der Waals surface area contributed by atoms with Gasteiger partial charge in [-0.25, -0.2) is 4.98 Å². The molecule has 0 bridgehead atoms. The molecule has 0 amide bonds. The molecular formula is C14H21N3OS. The van der Waals surface area contributed by atoms with Crippen molar-refractivity contribution >= 4 is 26.7 Å². The van der Waals surface area contributed by atoms with E-state index in [1.54, 1.807) is 18.4 Å². The number of nitrogens with one attached hydrogen (secondary N) is 1. The SMILES string of the molecule is CCN(CC)CCNc1nc2c(OC)cccc2s1. The summed E-state index contributed by atoms with van der Waals surface area (Å²) in [7, 11) is 1.68. The first kappa shape index (κ1) is 14.1. The first-order chi connectivity index (χ1) is 9.28. The maximum atomic E-state index is 5.33. The molecule has 0 radical (unpaired) electrons. The molecule has 0 saturated carbocycles. The van der Waals surface area contributed by atoms with Gasteiger partial charge in [0.1, 0.15) is 11.3 Å². The van der Waals surface area contributed by atoms with Crippen molar-refractivity contribution in [2.45, 2.75) is 13.8 Å². The van der Waals surface area contributed by atoms with Crippen LogP contribution >= 0.6 is 11.3 Å². The van der Waals surface area contributed by atoms with Crippen molar-refractivity contribution in [2.24, 2.45) is 0 Å². The molecular weight excluding hydrogens is 258 g/mol. The molecule has 104 valence electrons. The van der Waals surface area contributed by atoms with Gasteiger partial charge >= 0.3 is 0 Å². The molecule has 2 aromatic rings. The third kappa shape index (κ3) is 3.36. The Balaban J connectivity index is 2.02. The predicted octanol–water partition coefficient (Wildman–Crippen LogP) is 3.06. The number of likely N-dealkylation sites (N-methyl/N-ethyl adjacent to an activating group) is 1. The minimum atomic E-state index is 0.838. The number of rotatable bonds is 7. The highest BCUT2D eigenvalue weighted by Crippen LogP contribution is 2.31. The molecule has 19 heavy (non-hydrogen) atoms. The Hall–Kier alpha value is -1.33. The summed E-state index contributed by atoms with van der Waals surface area (Å²) in [4.78, 5) is 6.99. The number of nitrogens with zero attached hydrogens (tertiary/aromatic N) is 2. The van der Waals surface area contributed by atoms with Gasteiger partial charge in [-0.3, -0.25) is 0 Å². The van der Waals surface area contributed by atoms with Crippen molar-refractivity contribution in [2.75, 3.05) is 38.6 Å². The lowest BCUT2D eigenvalue weighted by molar-refractivity contribution is 0.316. The molecule has 4 nitrogen and oxygen atoms in total. The fourth-order valence-corrected chi connectivity index (χ4v) is 2.93. The van der Waals surface area contributed by atoms with Crippen LogP contribution in [0.15, 0.2) is 18.2 Å². The second-order valence-corrected chi connectivity index (χ2v) is 5.31. The number of hydrogen-bond donors (Lipinski definition) is 1. The maximum Gasteiger partial charge on any atom is 0.183 e. The molecule has 1 aromatic carbocycles. The number of anilines is 1. The number of para-hydroxylation sites is 1. The van der Waals surface area contributed by atoms with Crippen LogP contribution in [0, 0.1) is 0 Å². The van der Waals surface area contributed by atoms with Crippen molar-refractivity contribution in [1.29, 1.82) is 0 Å². The fourth-order valence-electron chi connectivity index (χ4n) is 2.02. The lowest BCUT2D eigenvalue weighted by atomic mass is 10.3. The zero-order chi connectivity index (χ0) is 13.7. The van der Waals surface area contributed by atoms with Gasteiger partial charge in [0, 0.05) is 13.1 Å². The summed E-state index contributed by atoms with van der Waals surface area (Å²) >= 11 is 1.67. The van der Waals surface area contributed by atoms with Crippen LogP contribution in [-0.2, 0) is 0 Å². The van der Waals surface area contributed by atoms with E-state index in [4.69, 9.17) is 4.74 Å². The Kier molecular flexibility index (Phi) is 4.99. The highest BCUT2D eigenvalue weighted by atomic mass is 32.1. The second kappa shape index (κ2) is 6.73. The van der Waals surface area contributed by atoms with E-state index in [1.807, 2.05) is 12.1 Å².